The van der Waals surface area contributed by atoms with E-state index in [0.29, 0.717) is 12.1 Å². The molecule has 0 spiro atoms. The minimum atomic E-state index is 0.439. The van der Waals surface area contributed by atoms with Crippen LogP contribution in [0.3, 0.4) is 0 Å². The van der Waals surface area contributed by atoms with Gasteiger partial charge in [0.05, 0.1) is 11.4 Å². The number of nitrogens with one attached hydrogen (secondary N) is 2. The average Bonchev–Trinajstić information content (AvgIpc) is 2.46. The van der Waals surface area contributed by atoms with Crippen molar-refractivity contribution in [1.29, 1.82) is 0 Å². The zero-order valence-electron chi connectivity index (χ0n) is 11.7. The monoisotopic (exact) mass is 250 g/mol. The van der Waals surface area contributed by atoms with Gasteiger partial charge in [0.25, 0.3) is 0 Å². The van der Waals surface area contributed by atoms with Gasteiger partial charge in [-0.25, -0.2) is 0 Å². The maximum atomic E-state index is 4.43. The lowest BCUT2D eigenvalue weighted by Gasteiger charge is -2.24. The molecular weight excluding hydrogens is 224 g/mol. The van der Waals surface area contributed by atoms with Crippen LogP contribution in [0.25, 0.3) is 0 Å². The molecule has 102 valence electrons. The predicted octanol–water partition coefficient (Wildman–Crippen LogP) is 2.11. The van der Waals surface area contributed by atoms with E-state index in [-0.39, 0.29) is 0 Å². The number of piperidine rings is 2. The second-order valence-corrected chi connectivity index (χ2v) is 5.49. The standard InChI is InChI=1S/C14H26N4/c1-11(13-7-3-5-9-15-13)17-18-12(2)14-8-4-6-10-16-14/h13-16H,3-10H2,1-2H3. The molecule has 2 rings (SSSR count). The number of nitrogens with zero attached hydrogens (tertiary/aromatic N) is 2. The Labute approximate surface area is 110 Å². The van der Waals surface area contributed by atoms with E-state index >= 15 is 0 Å². The minimum Gasteiger partial charge on any atom is -0.309 e. The van der Waals surface area contributed by atoms with Crippen molar-refractivity contribution in [1.82, 2.24) is 10.6 Å². The largest absolute Gasteiger partial charge is 0.309 e. The molecule has 18 heavy (non-hydrogen) atoms. The molecule has 2 N–H and O–H groups in total. The molecule has 2 atom stereocenters. The van der Waals surface area contributed by atoms with Crippen LogP contribution in [0.15, 0.2) is 10.2 Å². The van der Waals surface area contributed by atoms with E-state index in [9.17, 15) is 0 Å². The van der Waals surface area contributed by atoms with Gasteiger partial charge in [-0.1, -0.05) is 12.8 Å². The van der Waals surface area contributed by atoms with Crippen molar-refractivity contribution in [2.24, 2.45) is 10.2 Å². The molecule has 0 aromatic rings. The van der Waals surface area contributed by atoms with Gasteiger partial charge < -0.3 is 10.6 Å². The fourth-order valence-electron chi connectivity index (χ4n) is 2.71. The highest BCUT2D eigenvalue weighted by molar-refractivity contribution is 5.90. The van der Waals surface area contributed by atoms with Crippen LogP contribution in [0.4, 0.5) is 0 Å². The lowest BCUT2D eigenvalue weighted by molar-refractivity contribution is 0.467. The summed E-state index contributed by atoms with van der Waals surface area (Å²) in [7, 11) is 0. The first kappa shape index (κ1) is 13.7. The van der Waals surface area contributed by atoms with Gasteiger partial charge in [0.2, 0.25) is 0 Å². The van der Waals surface area contributed by atoms with E-state index in [1.165, 1.54) is 38.5 Å². The third-order valence-corrected chi connectivity index (χ3v) is 3.99. The van der Waals surface area contributed by atoms with Gasteiger partial charge in [0, 0.05) is 12.1 Å². The smallest absolute Gasteiger partial charge is 0.0544 e. The van der Waals surface area contributed by atoms with Crippen molar-refractivity contribution in [3.05, 3.63) is 0 Å². The second kappa shape index (κ2) is 7.00. The van der Waals surface area contributed by atoms with Crippen LogP contribution in [-0.2, 0) is 0 Å². The summed E-state index contributed by atoms with van der Waals surface area (Å²) >= 11 is 0. The predicted molar refractivity (Wildman–Crippen MR) is 77.5 cm³/mol. The molecular formula is C14H26N4. The Kier molecular flexibility index (Phi) is 5.32. The number of rotatable bonds is 3. The molecule has 0 radical (unpaired) electrons. The van der Waals surface area contributed by atoms with Crippen molar-refractivity contribution < 1.29 is 0 Å². The van der Waals surface area contributed by atoms with Gasteiger partial charge in [-0.15, -0.1) is 0 Å². The van der Waals surface area contributed by atoms with Gasteiger partial charge in [-0.2, -0.15) is 10.2 Å². The SMILES string of the molecule is CC(=NN=C(C)C1CCCCN1)C1CCCCN1. The molecule has 4 heteroatoms. The van der Waals surface area contributed by atoms with Crippen LogP contribution < -0.4 is 10.6 Å². The van der Waals surface area contributed by atoms with Crippen LogP contribution in [0.5, 0.6) is 0 Å². The van der Waals surface area contributed by atoms with Gasteiger partial charge in [-0.3, -0.25) is 0 Å². The normalized spacial score (nSPS) is 31.4. The molecule has 4 nitrogen and oxygen atoms in total. The zero-order chi connectivity index (χ0) is 12.8. The van der Waals surface area contributed by atoms with E-state index in [0.717, 1.165) is 24.5 Å². The first-order valence-corrected chi connectivity index (χ1v) is 7.33. The highest BCUT2D eigenvalue weighted by Crippen LogP contribution is 2.10. The number of hydrogen-bond donors (Lipinski definition) is 2. The Hall–Kier alpha value is -0.740. The molecule has 0 bridgehead atoms. The fraction of sp³-hybridized carbons (Fsp3) is 0.857. The summed E-state index contributed by atoms with van der Waals surface area (Å²) in [5.41, 5.74) is 2.26. The molecule has 0 aromatic carbocycles. The Morgan fingerprint density at radius 1 is 0.778 bits per heavy atom. The maximum absolute atomic E-state index is 4.43. The topological polar surface area (TPSA) is 48.8 Å². The second-order valence-electron chi connectivity index (χ2n) is 5.49. The summed E-state index contributed by atoms with van der Waals surface area (Å²) in [5.74, 6) is 0. The summed E-state index contributed by atoms with van der Waals surface area (Å²) in [6.45, 7) is 6.41. The van der Waals surface area contributed by atoms with Crippen LogP contribution >= 0.6 is 0 Å². The maximum Gasteiger partial charge on any atom is 0.0544 e. The van der Waals surface area contributed by atoms with Crippen molar-refractivity contribution >= 4 is 11.4 Å². The van der Waals surface area contributed by atoms with Crippen molar-refractivity contribution in [3.8, 4) is 0 Å². The first-order chi connectivity index (χ1) is 8.77. The van der Waals surface area contributed by atoms with Gasteiger partial charge in [-0.05, 0) is 52.6 Å². The van der Waals surface area contributed by atoms with E-state index in [4.69, 9.17) is 0 Å². The third-order valence-electron chi connectivity index (χ3n) is 3.99. The lowest BCUT2D eigenvalue weighted by atomic mass is 10.0. The van der Waals surface area contributed by atoms with Crippen LogP contribution in [0, 0.1) is 0 Å². The van der Waals surface area contributed by atoms with E-state index in [1.54, 1.807) is 0 Å². The van der Waals surface area contributed by atoms with Crippen LogP contribution in [-0.4, -0.2) is 36.6 Å². The summed E-state index contributed by atoms with van der Waals surface area (Å²) < 4.78 is 0. The average molecular weight is 250 g/mol. The highest BCUT2D eigenvalue weighted by Gasteiger charge is 2.17. The van der Waals surface area contributed by atoms with Crippen LogP contribution in [0.2, 0.25) is 0 Å². The van der Waals surface area contributed by atoms with E-state index in [2.05, 4.69) is 34.7 Å². The van der Waals surface area contributed by atoms with Crippen molar-refractivity contribution in [3.63, 3.8) is 0 Å². The summed E-state index contributed by atoms with van der Waals surface area (Å²) in [6.07, 6.45) is 7.59. The third kappa shape index (κ3) is 3.89. The van der Waals surface area contributed by atoms with E-state index in [1.807, 2.05) is 0 Å². The molecule has 2 saturated heterocycles. The minimum absolute atomic E-state index is 0.439. The van der Waals surface area contributed by atoms with Gasteiger partial charge in [0.15, 0.2) is 0 Å². The molecule has 0 aliphatic carbocycles. The van der Waals surface area contributed by atoms with Gasteiger partial charge in [0.1, 0.15) is 0 Å². The molecule has 2 heterocycles. The summed E-state index contributed by atoms with van der Waals surface area (Å²) in [5, 5.41) is 15.9. The first-order valence-electron chi connectivity index (χ1n) is 7.33. The summed E-state index contributed by atoms with van der Waals surface area (Å²) in [4.78, 5) is 0. The van der Waals surface area contributed by atoms with E-state index < -0.39 is 0 Å². The molecule has 2 aliphatic rings. The lowest BCUT2D eigenvalue weighted by Crippen LogP contribution is -2.40. The molecule has 2 unspecified atom stereocenters. The zero-order valence-corrected chi connectivity index (χ0v) is 11.7. The van der Waals surface area contributed by atoms with Gasteiger partial charge >= 0.3 is 0 Å². The molecule has 2 fully saturated rings. The molecule has 0 saturated carbocycles. The fourth-order valence-corrected chi connectivity index (χ4v) is 2.71. The van der Waals surface area contributed by atoms with Crippen molar-refractivity contribution in [2.75, 3.05) is 13.1 Å². The van der Waals surface area contributed by atoms with Crippen molar-refractivity contribution in [2.45, 2.75) is 64.5 Å². The Balaban J connectivity index is 1.89. The Morgan fingerprint density at radius 3 is 1.56 bits per heavy atom. The Morgan fingerprint density at radius 2 is 1.22 bits per heavy atom. The molecule has 2 aliphatic heterocycles. The Bertz CT molecular complexity index is 278. The number of hydrogen-bond acceptors (Lipinski definition) is 4. The molecule has 0 aromatic heterocycles. The quantitative estimate of drug-likeness (QED) is 0.595. The summed E-state index contributed by atoms with van der Waals surface area (Å²) in [6, 6.07) is 0.879. The molecule has 0 amide bonds. The highest BCUT2D eigenvalue weighted by atomic mass is 15.2. The van der Waals surface area contributed by atoms with Crippen LogP contribution in [0.1, 0.15) is 52.4 Å².